The van der Waals surface area contributed by atoms with Gasteiger partial charge in [0, 0.05) is 30.3 Å². The van der Waals surface area contributed by atoms with Gasteiger partial charge < -0.3 is 5.11 Å². The third kappa shape index (κ3) is 2.86. The molecule has 1 N–H and O–H groups in total. The number of thiazole rings is 1. The van der Waals surface area contributed by atoms with Crippen LogP contribution < -0.4 is 0 Å². The van der Waals surface area contributed by atoms with E-state index in [-0.39, 0.29) is 6.42 Å². The van der Waals surface area contributed by atoms with Gasteiger partial charge in [-0.3, -0.25) is 4.40 Å². The fourth-order valence-electron chi connectivity index (χ4n) is 2.19. The molecule has 0 amide bonds. The average Bonchev–Trinajstić information content (AvgIpc) is 2.87. The maximum absolute atomic E-state index is 13.1. The van der Waals surface area contributed by atoms with E-state index in [1.807, 2.05) is 22.2 Å². The summed E-state index contributed by atoms with van der Waals surface area (Å²) in [4.78, 5) is 5.23. The summed E-state index contributed by atoms with van der Waals surface area (Å²) < 4.78 is 28.0. The van der Waals surface area contributed by atoms with Crippen LogP contribution in [0.2, 0.25) is 0 Å². The van der Waals surface area contributed by atoms with Crippen molar-refractivity contribution in [2.45, 2.75) is 18.9 Å². The van der Waals surface area contributed by atoms with Gasteiger partial charge in [-0.15, -0.1) is 11.3 Å². The summed E-state index contributed by atoms with van der Waals surface area (Å²) in [6, 6.07) is 3.29. The first-order valence-corrected chi connectivity index (χ1v) is 7.02. The van der Waals surface area contributed by atoms with Crippen LogP contribution in [0.3, 0.4) is 0 Å². The Kier molecular flexibility index (Phi) is 3.50. The SMILES string of the molecule is OC(Cc1cc(F)cc(F)c1)Cc1cn2ccsc2n1. The highest BCUT2D eigenvalue weighted by Gasteiger charge is 2.12. The predicted octanol–water partition coefficient (Wildman–Crippen LogP) is 2.82. The van der Waals surface area contributed by atoms with E-state index in [9.17, 15) is 13.9 Å². The zero-order valence-corrected chi connectivity index (χ0v) is 11.3. The van der Waals surface area contributed by atoms with Crippen molar-refractivity contribution in [2.24, 2.45) is 0 Å². The maximum atomic E-state index is 13.1. The molecule has 3 rings (SSSR count). The molecule has 3 aromatic rings. The van der Waals surface area contributed by atoms with Crippen LogP contribution in [-0.2, 0) is 12.8 Å². The molecular weight excluding hydrogens is 282 g/mol. The molecule has 0 aliphatic rings. The van der Waals surface area contributed by atoms with Gasteiger partial charge in [0.05, 0.1) is 11.8 Å². The fourth-order valence-corrected chi connectivity index (χ4v) is 2.91. The Hall–Kier alpha value is -1.79. The predicted molar refractivity (Wildman–Crippen MR) is 72.8 cm³/mol. The highest BCUT2D eigenvalue weighted by Crippen LogP contribution is 2.15. The van der Waals surface area contributed by atoms with Gasteiger partial charge in [0.2, 0.25) is 0 Å². The second-order valence-electron chi connectivity index (χ2n) is 4.66. The molecule has 1 unspecified atom stereocenters. The van der Waals surface area contributed by atoms with Crippen molar-refractivity contribution in [3.8, 4) is 0 Å². The van der Waals surface area contributed by atoms with Crippen LogP contribution in [0.25, 0.3) is 4.96 Å². The highest BCUT2D eigenvalue weighted by molar-refractivity contribution is 7.15. The van der Waals surface area contributed by atoms with Crippen molar-refractivity contribution in [1.29, 1.82) is 0 Å². The van der Waals surface area contributed by atoms with Crippen LogP contribution in [0, 0.1) is 11.6 Å². The zero-order valence-electron chi connectivity index (χ0n) is 10.5. The Balaban J connectivity index is 1.69. The number of aromatic nitrogens is 2. The van der Waals surface area contributed by atoms with E-state index in [2.05, 4.69) is 4.98 Å². The van der Waals surface area contributed by atoms with Gasteiger partial charge in [-0.25, -0.2) is 13.8 Å². The molecule has 6 heteroatoms. The number of aliphatic hydroxyl groups is 1. The van der Waals surface area contributed by atoms with Crippen molar-refractivity contribution in [3.05, 3.63) is 58.9 Å². The lowest BCUT2D eigenvalue weighted by molar-refractivity contribution is 0.174. The Bertz CT molecular complexity index is 689. The number of fused-ring (bicyclic) bond motifs is 1. The zero-order chi connectivity index (χ0) is 14.1. The first-order chi connectivity index (χ1) is 9.60. The molecule has 0 saturated carbocycles. The summed E-state index contributed by atoms with van der Waals surface area (Å²) in [6.07, 6.45) is 3.57. The molecule has 20 heavy (non-hydrogen) atoms. The smallest absolute Gasteiger partial charge is 0.193 e. The average molecular weight is 294 g/mol. The molecular formula is C14H12F2N2OS. The molecule has 0 radical (unpaired) electrons. The number of aliphatic hydroxyl groups excluding tert-OH is 1. The Morgan fingerprint density at radius 3 is 2.65 bits per heavy atom. The van der Waals surface area contributed by atoms with Crippen LogP contribution in [0.5, 0.6) is 0 Å². The van der Waals surface area contributed by atoms with Gasteiger partial charge in [-0.1, -0.05) is 0 Å². The van der Waals surface area contributed by atoms with E-state index in [0.717, 1.165) is 16.7 Å². The monoisotopic (exact) mass is 294 g/mol. The Morgan fingerprint density at radius 2 is 1.95 bits per heavy atom. The van der Waals surface area contributed by atoms with E-state index in [4.69, 9.17) is 0 Å². The van der Waals surface area contributed by atoms with Crippen LogP contribution >= 0.6 is 11.3 Å². The topological polar surface area (TPSA) is 37.5 Å². The van der Waals surface area contributed by atoms with Gasteiger partial charge in [-0.05, 0) is 24.1 Å². The molecule has 0 spiro atoms. The molecule has 0 saturated heterocycles. The van der Waals surface area contributed by atoms with Crippen molar-refractivity contribution in [3.63, 3.8) is 0 Å². The first-order valence-electron chi connectivity index (χ1n) is 6.14. The molecule has 0 aliphatic heterocycles. The molecule has 0 aliphatic carbocycles. The minimum atomic E-state index is -0.721. The number of halogens is 2. The Labute approximate surface area is 118 Å². The molecule has 0 fully saturated rings. The fraction of sp³-hybridized carbons (Fsp3) is 0.214. The number of rotatable bonds is 4. The second kappa shape index (κ2) is 5.30. The van der Waals surface area contributed by atoms with Gasteiger partial charge >= 0.3 is 0 Å². The van der Waals surface area contributed by atoms with Crippen molar-refractivity contribution < 1.29 is 13.9 Å². The second-order valence-corrected chi connectivity index (χ2v) is 5.54. The van der Waals surface area contributed by atoms with E-state index >= 15 is 0 Å². The molecule has 2 heterocycles. The largest absolute Gasteiger partial charge is 0.392 e. The van der Waals surface area contributed by atoms with E-state index in [1.54, 1.807) is 0 Å². The van der Waals surface area contributed by atoms with Crippen LogP contribution in [0.15, 0.2) is 36.0 Å². The first kappa shape index (κ1) is 13.2. The molecule has 3 nitrogen and oxygen atoms in total. The van der Waals surface area contributed by atoms with E-state index < -0.39 is 17.7 Å². The summed E-state index contributed by atoms with van der Waals surface area (Å²) in [5.74, 6) is -1.26. The van der Waals surface area contributed by atoms with Gasteiger partial charge in [0.25, 0.3) is 0 Å². The van der Waals surface area contributed by atoms with Crippen LogP contribution in [0.4, 0.5) is 8.78 Å². The minimum absolute atomic E-state index is 0.194. The molecule has 2 aromatic heterocycles. The summed E-state index contributed by atoms with van der Waals surface area (Å²) in [7, 11) is 0. The molecule has 0 bridgehead atoms. The van der Waals surface area contributed by atoms with Gasteiger partial charge in [0.15, 0.2) is 4.96 Å². The van der Waals surface area contributed by atoms with Gasteiger partial charge in [-0.2, -0.15) is 0 Å². The minimum Gasteiger partial charge on any atom is -0.392 e. The summed E-state index contributed by atoms with van der Waals surface area (Å²) in [6.45, 7) is 0. The molecule has 1 aromatic carbocycles. The van der Waals surface area contributed by atoms with Crippen molar-refractivity contribution in [2.75, 3.05) is 0 Å². The van der Waals surface area contributed by atoms with E-state index in [0.29, 0.717) is 12.0 Å². The third-order valence-corrected chi connectivity index (χ3v) is 3.75. The summed E-state index contributed by atoms with van der Waals surface area (Å²) >= 11 is 1.51. The number of hydrogen-bond donors (Lipinski definition) is 1. The van der Waals surface area contributed by atoms with Crippen LogP contribution in [0.1, 0.15) is 11.3 Å². The molecule has 1 atom stereocenters. The normalized spacial score (nSPS) is 12.9. The summed E-state index contributed by atoms with van der Waals surface area (Å²) in [5.41, 5.74) is 1.21. The highest BCUT2D eigenvalue weighted by atomic mass is 32.1. The lowest BCUT2D eigenvalue weighted by Crippen LogP contribution is -2.14. The van der Waals surface area contributed by atoms with Crippen molar-refractivity contribution >= 4 is 16.3 Å². The lowest BCUT2D eigenvalue weighted by atomic mass is 10.0. The summed E-state index contributed by atoms with van der Waals surface area (Å²) in [5, 5.41) is 11.9. The number of nitrogens with zero attached hydrogens (tertiary/aromatic N) is 2. The van der Waals surface area contributed by atoms with Gasteiger partial charge in [0.1, 0.15) is 11.6 Å². The van der Waals surface area contributed by atoms with Crippen molar-refractivity contribution in [1.82, 2.24) is 9.38 Å². The molecule has 104 valence electrons. The Morgan fingerprint density at radius 1 is 1.20 bits per heavy atom. The third-order valence-electron chi connectivity index (χ3n) is 2.98. The number of hydrogen-bond acceptors (Lipinski definition) is 3. The standard InChI is InChI=1S/C14H12F2N2OS/c15-10-3-9(4-11(16)6-10)5-13(19)7-12-8-18-1-2-20-14(18)17-12/h1-4,6,8,13,19H,5,7H2. The lowest BCUT2D eigenvalue weighted by Gasteiger charge is -2.09. The maximum Gasteiger partial charge on any atom is 0.193 e. The van der Waals surface area contributed by atoms with E-state index in [1.165, 1.54) is 23.5 Å². The number of imidazole rings is 1. The quantitative estimate of drug-likeness (QED) is 0.803. The number of benzene rings is 1. The van der Waals surface area contributed by atoms with Crippen LogP contribution in [-0.4, -0.2) is 20.6 Å².